The van der Waals surface area contributed by atoms with Gasteiger partial charge in [0.25, 0.3) is 0 Å². The third-order valence-electron chi connectivity index (χ3n) is 2.74. The molecule has 0 aliphatic rings. The van der Waals surface area contributed by atoms with Gasteiger partial charge in [0, 0.05) is 29.6 Å². The van der Waals surface area contributed by atoms with Crippen molar-refractivity contribution in [3.05, 3.63) is 35.9 Å². The molecule has 3 heteroatoms. The number of rotatable bonds is 8. The normalized spacial score (nSPS) is 9.61. The maximum Gasteiger partial charge on any atom is 0.338 e. The molecule has 0 N–H and O–H groups in total. The van der Waals surface area contributed by atoms with Gasteiger partial charge in [0.05, 0.1) is 12.2 Å². The fourth-order valence-electron chi connectivity index (χ4n) is 1.70. The van der Waals surface area contributed by atoms with E-state index in [2.05, 4.69) is 6.92 Å². The zero-order valence-corrected chi connectivity index (χ0v) is 13.7. The Hall–Kier alpha value is -0.310. The number of hydrogen-bond acceptors (Lipinski definition) is 2. The summed E-state index contributed by atoms with van der Waals surface area (Å²) in [6, 6.07) is 9.15. The minimum absolute atomic E-state index is 0. The van der Waals surface area contributed by atoms with Gasteiger partial charge in [-0.1, -0.05) is 57.2 Å². The Morgan fingerprint density at radius 2 is 1.61 bits per heavy atom. The Morgan fingerprint density at radius 3 is 2.28 bits per heavy atom. The number of carbonyl (C=O) groups excluding carboxylic acids is 1. The molecule has 0 saturated carbocycles. The predicted molar refractivity (Wildman–Crippen MR) is 75.9 cm³/mol. The first-order chi connectivity index (χ1) is 8.34. The summed E-state index contributed by atoms with van der Waals surface area (Å²) >= 11 is 0. The van der Waals surface area contributed by atoms with Gasteiger partial charge in [-0.05, 0) is 18.6 Å². The van der Waals surface area contributed by atoms with Crippen LogP contribution in [-0.2, 0) is 4.74 Å². The van der Waals surface area contributed by atoms with E-state index in [1.807, 2.05) is 18.2 Å². The number of esters is 1. The Kier molecular flexibility index (Phi) is 11.6. The zero-order chi connectivity index (χ0) is 12.3. The Labute approximate surface area is 132 Å². The first kappa shape index (κ1) is 17.7. The van der Waals surface area contributed by atoms with Gasteiger partial charge in [-0.25, -0.2) is 4.79 Å². The van der Waals surface area contributed by atoms with Gasteiger partial charge < -0.3 is 4.74 Å². The second kappa shape index (κ2) is 11.8. The Balaban J connectivity index is 0.00000289. The summed E-state index contributed by atoms with van der Waals surface area (Å²) in [5.74, 6) is -0.209. The molecule has 18 heavy (non-hydrogen) atoms. The molecule has 0 aliphatic heterocycles. The number of unbranched alkanes of at least 4 members (excludes halogenated alkanes) is 5. The van der Waals surface area contributed by atoms with Crippen LogP contribution in [0.4, 0.5) is 0 Å². The van der Waals surface area contributed by atoms with Crippen molar-refractivity contribution >= 4 is 35.5 Å². The molecule has 0 fully saturated rings. The third kappa shape index (κ3) is 7.91. The molecule has 0 amide bonds. The molecule has 0 heterocycles. The average Bonchev–Trinajstić information content (AvgIpc) is 2.38. The van der Waals surface area contributed by atoms with Crippen molar-refractivity contribution in [3.63, 3.8) is 0 Å². The SMILES string of the molecule is CCCCCCCCOC(=O)c1ccccc1.[Na]. The summed E-state index contributed by atoms with van der Waals surface area (Å²) in [4.78, 5) is 11.6. The van der Waals surface area contributed by atoms with Gasteiger partial charge in [0.15, 0.2) is 0 Å². The fourth-order valence-corrected chi connectivity index (χ4v) is 1.70. The molecule has 0 spiro atoms. The van der Waals surface area contributed by atoms with Crippen LogP contribution in [0.1, 0.15) is 55.8 Å². The summed E-state index contributed by atoms with van der Waals surface area (Å²) < 4.78 is 5.20. The number of ether oxygens (including phenoxy) is 1. The van der Waals surface area contributed by atoms with Crippen LogP contribution in [0.3, 0.4) is 0 Å². The maximum atomic E-state index is 11.6. The molecule has 0 atom stereocenters. The average molecular weight is 257 g/mol. The van der Waals surface area contributed by atoms with E-state index in [1.165, 1.54) is 25.7 Å². The van der Waals surface area contributed by atoms with E-state index in [0.717, 1.165) is 12.8 Å². The van der Waals surface area contributed by atoms with E-state index in [-0.39, 0.29) is 35.5 Å². The molecule has 2 nitrogen and oxygen atoms in total. The molecule has 95 valence electrons. The third-order valence-corrected chi connectivity index (χ3v) is 2.74. The van der Waals surface area contributed by atoms with Crippen molar-refractivity contribution in [1.29, 1.82) is 0 Å². The van der Waals surface area contributed by atoms with E-state index in [1.54, 1.807) is 12.1 Å². The molecular weight excluding hydrogens is 235 g/mol. The fraction of sp³-hybridized carbons (Fsp3) is 0.533. The minimum Gasteiger partial charge on any atom is -0.462 e. The van der Waals surface area contributed by atoms with Crippen LogP contribution in [0.25, 0.3) is 0 Å². The van der Waals surface area contributed by atoms with E-state index in [4.69, 9.17) is 4.74 Å². The van der Waals surface area contributed by atoms with Gasteiger partial charge in [0.1, 0.15) is 0 Å². The standard InChI is InChI=1S/C15H22O2.Na/c1-2-3-4-5-6-10-13-17-15(16)14-11-8-7-9-12-14;/h7-9,11-12H,2-6,10,13H2,1H3;. The van der Waals surface area contributed by atoms with Crippen LogP contribution in [0.5, 0.6) is 0 Å². The zero-order valence-electron chi connectivity index (χ0n) is 11.7. The van der Waals surface area contributed by atoms with Crippen LogP contribution in [0.15, 0.2) is 30.3 Å². The van der Waals surface area contributed by atoms with Crippen LogP contribution in [0, 0.1) is 0 Å². The minimum atomic E-state index is -0.209. The number of benzene rings is 1. The van der Waals surface area contributed by atoms with Gasteiger partial charge in [-0.3, -0.25) is 0 Å². The topological polar surface area (TPSA) is 26.3 Å². The van der Waals surface area contributed by atoms with Crippen molar-refractivity contribution in [2.45, 2.75) is 45.4 Å². The smallest absolute Gasteiger partial charge is 0.338 e. The van der Waals surface area contributed by atoms with Gasteiger partial charge in [-0.2, -0.15) is 0 Å². The van der Waals surface area contributed by atoms with Gasteiger partial charge in [-0.15, -0.1) is 0 Å². The summed E-state index contributed by atoms with van der Waals surface area (Å²) in [7, 11) is 0. The molecular formula is C15H22NaO2. The molecule has 1 rings (SSSR count). The van der Waals surface area contributed by atoms with Crippen molar-refractivity contribution < 1.29 is 9.53 Å². The molecule has 0 aliphatic carbocycles. The molecule has 0 saturated heterocycles. The Morgan fingerprint density at radius 1 is 1.00 bits per heavy atom. The van der Waals surface area contributed by atoms with E-state index in [0.29, 0.717) is 12.2 Å². The Bertz CT molecular complexity index is 312. The summed E-state index contributed by atoms with van der Waals surface area (Å²) in [6.07, 6.45) is 7.25. The molecule has 1 aromatic rings. The van der Waals surface area contributed by atoms with Crippen LogP contribution >= 0.6 is 0 Å². The van der Waals surface area contributed by atoms with Gasteiger partial charge >= 0.3 is 5.97 Å². The van der Waals surface area contributed by atoms with E-state index < -0.39 is 0 Å². The first-order valence-corrected chi connectivity index (χ1v) is 6.56. The monoisotopic (exact) mass is 257 g/mol. The number of hydrogen-bond donors (Lipinski definition) is 0. The number of carbonyl (C=O) groups is 1. The summed E-state index contributed by atoms with van der Waals surface area (Å²) in [6.45, 7) is 2.75. The molecule has 0 aromatic heterocycles. The molecule has 0 bridgehead atoms. The molecule has 1 radical (unpaired) electrons. The van der Waals surface area contributed by atoms with Crippen LogP contribution < -0.4 is 0 Å². The predicted octanol–water partition coefficient (Wildman–Crippen LogP) is 3.82. The van der Waals surface area contributed by atoms with Crippen molar-refractivity contribution in [3.8, 4) is 0 Å². The van der Waals surface area contributed by atoms with Crippen molar-refractivity contribution in [2.24, 2.45) is 0 Å². The van der Waals surface area contributed by atoms with Gasteiger partial charge in [0.2, 0.25) is 0 Å². The second-order valence-corrected chi connectivity index (χ2v) is 4.27. The van der Waals surface area contributed by atoms with E-state index >= 15 is 0 Å². The van der Waals surface area contributed by atoms with Crippen molar-refractivity contribution in [1.82, 2.24) is 0 Å². The quantitative estimate of drug-likeness (QED) is 0.402. The van der Waals surface area contributed by atoms with Crippen molar-refractivity contribution in [2.75, 3.05) is 6.61 Å². The first-order valence-electron chi connectivity index (χ1n) is 6.56. The molecule has 1 aromatic carbocycles. The van der Waals surface area contributed by atoms with Crippen LogP contribution in [-0.4, -0.2) is 42.1 Å². The summed E-state index contributed by atoms with van der Waals surface area (Å²) in [5, 5.41) is 0. The molecule has 0 unspecified atom stereocenters. The van der Waals surface area contributed by atoms with Crippen LogP contribution in [0.2, 0.25) is 0 Å². The second-order valence-electron chi connectivity index (χ2n) is 4.27. The summed E-state index contributed by atoms with van der Waals surface area (Å²) in [5.41, 5.74) is 0.637. The largest absolute Gasteiger partial charge is 0.462 e. The maximum absolute atomic E-state index is 11.6. The van der Waals surface area contributed by atoms with E-state index in [9.17, 15) is 4.79 Å².